The van der Waals surface area contributed by atoms with Crippen LogP contribution in [0.25, 0.3) is 0 Å². The Morgan fingerprint density at radius 3 is 1.67 bits per heavy atom. The fraction of sp³-hybridized carbons (Fsp3) is 0.439. The normalized spacial score (nSPS) is 10.8. The van der Waals surface area contributed by atoms with Gasteiger partial charge in [0.2, 0.25) is 11.8 Å². The molecule has 0 saturated carbocycles. The molecule has 0 atom stereocenters. The zero-order valence-corrected chi connectivity index (χ0v) is 29.7. The van der Waals surface area contributed by atoms with Gasteiger partial charge in [0.1, 0.15) is 5.75 Å². The molecule has 3 aromatic carbocycles. The lowest BCUT2D eigenvalue weighted by atomic mass is 10.0. The van der Waals surface area contributed by atoms with E-state index in [4.69, 9.17) is 4.74 Å². The van der Waals surface area contributed by atoms with Gasteiger partial charge in [0, 0.05) is 17.7 Å². The number of benzene rings is 3. The summed E-state index contributed by atoms with van der Waals surface area (Å²) >= 11 is 0. The molecule has 2 amide bonds. The summed E-state index contributed by atoms with van der Waals surface area (Å²) in [7, 11) is 0. The molecule has 0 spiro atoms. The van der Waals surface area contributed by atoms with Gasteiger partial charge < -0.3 is 25.6 Å². The smallest absolute Gasteiger partial charge is 0.335 e. The molecule has 0 radical (unpaired) electrons. The van der Waals surface area contributed by atoms with Crippen LogP contribution in [0, 0.1) is 0 Å². The molecule has 0 fully saturated rings. The minimum absolute atomic E-state index is 0.000530. The number of carboxylic acids is 2. The van der Waals surface area contributed by atoms with Crippen LogP contribution in [0.2, 0.25) is 0 Å². The number of ether oxygens (including phenoxy) is 1. The van der Waals surface area contributed by atoms with E-state index in [1.165, 1.54) is 132 Å². The molecule has 0 aliphatic rings. The quantitative estimate of drug-likeness (QED) is 0.0386. The van der Waals surface area contributed by atoms with E-state index in [0.717, 1.165) is 19.3 Å². The summed E-state index contributed by atoms with van der Waals surface area (Å²) in [4.78, 5) is 61.0. The molecule has 0 aliphatic carbocycles. The van der Waals surface area contributed by atoms with Crippen LogP contribution < -0.4 is 15.4 Å². The first kappa shape index (κ1) is 40.4. The van der Waals surface area contributed by atoms with Gasteiger partial charge in [0.25, 0.3) is 0 Å². The van der Waals surface area contributed by atoms with Gasteiger partial charge in [-0.05, 0) is 67.1 Å². The highest BCUT2D eigenvalue weighted by Gasteiger charge is 2.17. The fourth-order valence-electron chi connectivity index (χ4n) is 5.73. The van der Waals surface area contributed by atoms with Crippen molar-refractivity contribution in [2.45, 2.75) is 116 Å². The van der Waals surface area contributed by atoms with E-state index in [0.29, 0.717) is 12.1 Å². The molecule has 0 saturated heterocycles. The SMILES string of the molecule is CCCCCCCCCCCCCCCCCC(=O)Nc1ccc(C(=O)CC(=O)Nc2cc(C(=O)O)ccc2Oc2cccc(C(=O)O)c2)cc1. The summed E-state index contributed by atoms with van der Waals surface area (Å²) in [6.07, 6.45) is 18.9. The highest BCUT2D eigenvalue weighted by molar-refractivity contribution is 6.11. The van der Waals surface area contributed by atoms with Crippen LogP contribution in [0.5, 0.6) is 11.5 Å². The predicted octanol–water partition coefficient (Wildman–Crippen LogP) is 10.3. The second-order valence-electron chi connectivity index (χ2n) is 12.9. The molecule has 4 N–H and O–H groups in total. The molecule has 0 bridgehead atoms. The lowest BCUT2D eigenvalue weighted by Gasteiger charge is -2.13. The number of carbonyl (C=O) groups excluding carboxylic acids is 3. The first-order valence-corrected chi connectivity index (χ1v) is 18.3. The van der Waals surface area contributed by atoms with Crippen molar-refractivity contribution < 1.29 is 38.9 Å². The highest BCUT2D eigenvalue weighted by Crippen LogP contribution is 2.31. The molecule has 10 nitrogen and oxygen atoms in total. The summed E-state index contributed by atoms with van der Waals surface area (Å²) in [5.41, 5.74) is 0.686. The van der Waals surface area contributed by atoms with Crippen LogP contribution in [0.3, 0.4) is 0 Å². The monoisotopic (exact) mass is 700 g/mol. The number of nitrogens with one attached hydrogen (secondary N) is 2. The van der Waals surface area contributed by atoms with E-state index in [9.17, 15) is 34.2 Å². The zero-order valence-electron chi connectivity index (χ0n) is 29.7. The third-order valence-electron chi connectivity index (χ3n) is 8.63. The van der Waals surface area contributed by atoms with Crippen LogP contribution in [-0.2, 0) is 9.59 Å². The third kappa shape index (κ3) is 15.6. The molecule has 0 aromatic heterocycles. The van der Waals surface area contributed by atoms with Crippen molar-refractivity contribution in [3.63, 3.8) is 0 Å². The van der Waals surface area contributed by atoms with Crippen LogP contribution in [-0.4, -0.2) is 39.7 Å². The van der Waals surface area contributed by atoms with Crippen LogP contribution >= 0.6 is 0 Å². The van der Waals surface area contributed by atoms with Gasteiger partial charge >= 0.3 is 11.9 Å². The minimum Gasteiger partial charge on any atom is -0.478 e. The average molecular weight is 701 g/mol. The van der Waals surface area contributed by atoms with Crippen molar-refractivity contribution in [1.82, 2.24) is 0 Å². The van der Waals surface area contributed by atoms with Crippen LogP contribution in [0.1, 0.15) is 147 Å². The molecule has 274 valence electrons. The second-order valence-corrected chi connectivity index (χ2v) is 12.9. The Bertz CT molecular complexity index is 1580. The van der Waals surface area contributed by atoms with E-state index in [-0.39, 0.29) is 39.8 Å². The first-order chi connectivity index (χ1) is 24.7. The van der Waals surface area contributed by atoms with E-state index in [1.807, 2.05) is 0 Å². The summed E-state index contributed by atoms with van der Waals surface area (Å²) < 4.78 is 5.75. The fourth-order valence-corrected chi connectivity index (χ4v) is 5.73. The van der Waals surface area contributed by atoms with Crippen molar-refractivity contribution in [2.75, 3.05) is 10.6 Å². The number of rotatable bonds is 25. The molecule has 0 aliphatic heterocycles. The number of carbonyl (C=O) groups is 5. The zero-order chi connectivity index (χ0) is 36.8. The number of unbranched alkanes of at least 4 members (excludes halogenated alkanes) is 14. The number of amides is 2. The predicted molar refractivity (Wildman–Crippen MR) is 199 cm³/mol. The number of carboxylic acid groups (broad SMARTS) is 2. The Kier molecular flexibility index (Phi) is 18.0. The summed E-state index contributed by atoms with van der Waals surface area (Å²) in [6.45, 7) is 2.25. The Labute approximate surface area is 301 Å². The van der Waals surface area contributed by atoms with Gasteiger partial charge in [-0.3, -0.25) is 14.4 Å². The lowest BCUT2D eigenvalue weighted by Crippen LogP contribution is -2.17. The molecule has 0 heterocycles. The molecule has 10 heteroatoms. The maximum absolute atomic E-state index is 12.9. The standard InChI is InChI=1S/C41H52N2O8/c1-2-3-4-5-6-7-8-9-10-11-12-13-14-15-16-20-38(45)42-33-24-21-30(22-25-33)36(44)29-39(46)43-35-28-32(41(49)50)23-26-37(35)51-34-19-17-18-31(27-34)40(47)48/h17-19,21-28H,2-16,20,29H2,1H3,(H,42,45)(H,43,46)(H,47,48)(H,49,50). The largest absolute Gasteiger partial charge is 0.478 e. The topological polar surface area (TPSA) is 159 Å². The van der Waals surface area contributed by atoms with Crippen LogP contribution in [0.15, 0.2) is 66.7 Å². The molecular weight excluding hydrogens is 648 g/mol. The molecule has 3 rings (SSSR count). The number of Topliss-reactive ketones (excluding diaryl/α,β-unsaturated/α-hetero) is 1. The van der Waals surface area contributed by atoms with Gasteiger partial charge in [-0.2, -0.15) is 0 Å². The van der Waals surface area contributed by atoms with Crippen molar-refractivity contribution >= 4 is 40.9 Å². The summed E-state index contributed by atoms with van der Waals surface area (Å²) in [5, 5.41) is 24.1. The van der Waals surface area contributed by atoms with Crippen molar-refractivity contribution in [1.29, 1.82) is 0 Å². The van der Waals surface area contributed by atoms with E-state index < -0.39 is 30.0 Å². The Hall–Kier alpha value is -4.99. The molecular formula is C41H52N2O8. The van der Waals surface area contributed by atoms with E-state index in [2.05, 4.69) is 17.6 Å². The van der Waals surface area contributed by atoms with Gasteiger partial charge in [-0.25, -0.2) is 9.59 Å². The van der Waals surface area contributed by atoms with Crippen molar-refractivity contribution in [2.24, 2.45) is 0 Å². The molecule has 3 aromatic rings. The summed E-state index contributed by atoms with van der Waals surface area (Å²) in [5.74, 6) is -3.43. The number of ketones is 1. The Morgan fingerprint density at radius 2 is 1.10 bits per heavy atom. The van der Waals surface area contributed by atoms with Gasteiger partial charge in [0.05, 0.1) is 23.2 Å². The van der Waals surface area contributed by atoms with Gasteiger partial charge in [-0.15, -0.1) is 0 Å². The minimum atomic E-state index is -1.23. The van der Waals surface area contributed by atoms with Gasteiger partial charge in [0.15, 0.2) is 11.5 Å². The average Bonchev–Trinajstić information content (AvgIpc) is 3.11. The molecule has 51 heavy (non-hydrogen) atoms. The number of hydrogen-bond acceptors (Lipinski definition) is 6. The maximum Gasteiger partial charge on any atom is 0.335 e. The van der Waals surface area contributed by atoms with Crippen LogP contribution in [0.4, 0.5) is 11.4 Å². The van der Waals surface area contributed by atoms with Crippen molar-refractivity contribution in [3.8, 4) is 11.5 Å². The number of aromatic carboxylic acids is 2. The van der Waals surface area contributed by atoms with E-state index in [1.54, 1.807) is 12.1 Å². The highest BCUT2D eigenvalue weighted by atomic mass is 16.5. The Balaban J connectivity index is 1.37. The summed E-state index contributed by atoms with van der Waals surface area (Å²) in [6, 6.07) is 15.8. The maximum atomic E-state index is 12.9. The van der Waals surface area contributed by atoms with Gasteiger partial charge in [-0.1, -0.05) is 103 Å². The second kappa shape index (κ2) is 22.7. The van der Waals surface area contributed by atoms with Crippen molar-refractivity contribution in [3.05, 3.63) is 83.4 Å². The number of anilines is 2. The molecule has 0 unspecified atom stereocenters. The number of hydrogen-bond donors (Lipinski definition) is 4. The third-order valence-corrected chi connectivity index (χ3v) is 8.63. The lowest BCUT2D eigenvalue weighted by molar-refractivity contribution is -0.116. The first-order valence-electron chi connectivity index (χ1n) is 18.3. The Morgan fingerprint density at radius 1 is 0.569 bits per heavy atom. The van der Waals surface area contributed by atoms with E-state index >= 15 is 0 Å².